The smallest absolute Gasteiger partial charge is 0.416 e. The highest BCUT2D eigenvalue weighted by Crippen LogP contribution is 2.42. The van der Waals surface area contributed by atoms with Crippen LogP contribution in [0.3, 0.4) is 0 Å². The molecule has 150 valence electrons. The van der Waals surface area contributed by atoms with E-state index in [4.69, 9.17) is 9.47 Å². The molecule has 2 aliphatic rings. The number of amides is 1. The van der Waals surface area contributed by atoms with E-state index >= 15 is 0 Å². The maximum Gasteiger partial charge on any atom is 0.416 e. The number of alkyl halides is 3. The minimum absolute atomic E-state index is 0.00127. The first-order valence-corrected chi connectivity index (χ1v) is 8.84. The predicted octanol–water partition coefficient (Wildman–Crippen LogP) is 4.05. The van der Waals surface area contributed by atoms with E-state index in [0.29, 0.717) is 17.0 Å². The molecular weight excluding hydrogens is 387 g/mol. The molecule has 1 atom stereocenters. The molecule has 0 aliphatic carbocycles. The zero-order valence-electron chi connectivity index (χ0n) is 15.3. The van der Waals surface area contributed by atoms with Crippen LogP contribution in [-0.2, 0) is 20.5 Å². The summed E-state index contributed by atoms with van der Waals surface area (Å²) in [6.45, 7) is -0.104. The number of hydrogen-bond acceptors (Lipinski definition) is 4. The Balaban J connectivity index is 1.74. The van der Waals surface area contributed by atoms with Gasteiger partial charge in [-0.05, 0) is 42.0 Å². The van der Waals surface area contributed by atoms with E-state index in [-0.39, 0.29) is 24.6 Å². The van der Waals surface area contributed by atoms with Crippen molar-refractivity contribution in [2.75, 3.05) is 18.6 Å². The number of hydrogen-bond donors (Lipinski definition) is 0. The Bertz CT molecular complexity index is 994. The van der Waals surface area contributed by atoms with Gasteiger partial charge in [-0.3, -0.25) is 9.69 Å². The van der Waals surface area contributed by atoms with E-state index in [1.807, 2.05) is 0 Å². The largest absolute Gasteiger partial charge is 0.497 e. The molecule has 0 aromatic heterocycles. The second-order valence-electron chi connectivity index (χ2n) is 6.74. The number of benzene rings is 2. The van der Waals surface area contributed by atoms with Crippen LogP contribution in [0.4, 0.5) is 18.9 Å². The standard InChI is InChI=1S/C21H16F3NO4/c1-28-15-8-2-12(3-9-15)16-10-18(26)25(17-11-29-20(27)19(16)17)14-6-4-13(5-7-14)21(22,23)24/h2-9,16H,10-11H2,1H3/t16-/m0/s1. The number of rotatable bonds is 3. The molecule has 2 aromatic carbocycles. The summed E-state index contributed by atoms with van der Waals surface area (Å²) in [5.74, 6) is -0.678. The van der Waals surface area contributed by atoms with Crippen LogP contribution in [0, 0.1) is 0 Å². The summed E-state index contributed by atoms with van der Waals surface area (Å²) in [7, 11) is 1.54. The SMILES string of the molecule is COc1ccc([C@@H]2CC(=O)N(c3ccc(C(F)(F)F)cc3)C3=C2C(=O)OC3)cc1. The zero-order chi connectivity index (χ0) is 20.8. The molecule has 8 heteroatoms. The monoisotopic (exact) mass is 403 g/mol. The van der Waals surface area contributed by atoms with Gasteiger partial charge in [0.15, 0.2) is 0 Å². The van der Waals surface area contributed by atoms with E-state index < -0.39 is 23.6 Å². The number of ether oxygens (including phenoxy) is 2. The van der Waals surface area contributed by atoms with Gasteiger partial charge >= 0.3 is 12.1 Å². The van der Waals surface area contributed by atoms with Crippen LogP contribution in [0.25, 0.3) is 0 Å². The summed E-state index contributed by atoms with van der Waals surface area (Å²) < 4.78 is 48.8. The maximum absolute atomic E-state index is 12.9. The average Bonchev–Trinajstić information content (AvgIpc) is 3.08. The number of carbonyl (C=O) groups is 2. The van der Waals surface area contributed by atoms with Crippen molar-refractivity contribution in [2.24, 2.45) is 0 Å². The van der Waals surface area contributed by atoms with E-state index in [9.17, 15) is 22.8 Å². The fourth-order valence-electron chi connectivity index (χ4n) is 3.67. The van der Waals surface area contributed by atoms with Crippen molar-refractivity contribution >= 4 is 17.6 Å². The first-order valence-electron chi connectivity index (χ1n) is 8.84. The molecule has 0 bridgehead atoms. The van der Waals surface area contributed by atoms with Crippen LogP contribution in [0.2, 0.25) is 0 Å². The molecule has 0 radical (unpaired) electrons. The van der Waals surface area contributed by atoms with Crippen molar-refractivity contribution in [3.8, 4) is 5.75 Å². The summed E-state index contributed by atoms with van der Waals surface area (Å²) in [5.41, 5.74) is 0.941. The van der Waals surface area contributed by atoms with Gasteiger partial charge in [0, 0.05) is 18.0 Å². The molecule has 0 unspecified atom stereocenters. The van der Waals surface area contributed by atoms with Gasteiger partial charge in [0.1, 0.15) is 12.4 Å². The van der Waals surface area contributed by atoms with Crippen LogP contribution < -0.4 is 9.64 Å². The number of esters is 1. The normalized spacial score (nSPS) is 19.3. The predicted molar refractivity (Wildman–Crippen MR) is 97.3 cm³/mol. The van der Waals surface area contributed by atoms with Gasteiger partial charge in [0.05, 0.1) is 23.9 Å². The number of anilines is 1. The minimum atomic E-state index is -4.47. The molecule has 4 rings (SSSR count). The van der Waals surface area contributed by atoms with E-state index in [0.717, 1.165) is 17.7 Å². The van der Waals surface area contributed by atoms with E-state index in [2.05, 4.69) is 0 Å². The van der Waals surface area contributed by atoms with Gasteiger partial charge in [-0.15, -0.1) is 0 Å². The average molecular weight is 403 g/mol. The minimum Gasteiger partial charge on any atom is -0.497 e. The second kappa shape index (κ2) is 6.95. The Morgan fingerprint density at radius 2 is 1.69 bits per heavy atom. The highest BCUT2D eigenvalue weighted by Gasteiger charge is 2.43. The van der Waals surface area contributed by atoms with Crippen LogP contribution in [-0.4, -0.2) is 25.6 Å². The summed E-state index contributed by atoms with van der Waals surface area (Å²) in [6.07, 6.45) is -4.47. The quantitative estimate of drug-likeness (QED) is 0.726. The molecular formula is C21H16F3NO4. The van der Waals surface area contributed by atoms with Crippen LogP contribution in [0.5, 0.6) is 5.75 Å². The fraction of sp³-hybridized carbons (Fsp3) is 0.238. The molecule has 2 heterocycles. The lowest BCUT2D eigenvalue weighted by Crippen LogP contribution is -2.37. The lowest BCUT2D eigenvalue weighted by Gasteiger charge is -2.32. The third-order valence-electron chi connectivity index (χ3n) is 5.09. The van der Waals surface area contributed by atoms with Crippen LogP contribution in [0.1, 0.15) is 23.5 Å². The Morgan fingerprint density at radius 3 is 2.28 bits per heavy atom. The molecule has 2 aliphatic heterocycles. The van der Waals surface area contributed by atoms with Gasteiger partial charge in [-0.25, -0.2) is 4.79 Å². The molecule has 0 saturated heterocycles. The van der Waals surface area contributed by atoms with Crippen molar-refractivity contribution in [1.29, 1.82) is 0 Å². The number of carbonyl (C=O) groups excluding carboxylic acids is 2. The molecule has 1 amide bonds. The third kappa shape index (κ3) is 3.35. The zero-order valence-corrected chi connectivity index (χ0v) is 15.3. The number of nitrogens with zero attached hydrogens (tertiary/aromatic N) is 1. The Morgan fingerprint density at radius 1 is 1.03 bits per heavy atom. The second-order valence-corrected chi connectivity index (χ2v) is 6.74. The lowest BCUT2D eigenvalue weighted by molar-refractivity contribution is -0.138. The first kappa shape index (κ1) is 19.0. The molecule has 0 spiro atoms. The van der Waals surface area contributed by atoms with Gasteiger partial charge in [-0.1, -0.05) is 12.1 Å². The van der Waals surface area contributed by atoms with Crippen molar-refractivity contribution in [3.05, 3.63) is 70.9 Å². The number of cyclic esters (lactones) is 1. The van der Waals surface area contributed by atoms with Gasteiger partial charge in [-0.2, -0.15) is 13.2 Å². The summed E-state index contributed by atoms with van der Waals surface area (Å²) in [5, 5.41) is 0. The first-order chi connectivity index (χ1) is 13.8. The maximum atomic E-state index is 12.9. The Hall–Kier alpha value is -3.29. The van der Waals surface area contributed by atoms with Crippen LogP contribution >= 0.6 is 0 Å². The summed E-state index contributed by atoms with van der Waals surface area (Å²) in [6, 6.07) is 11.3. The Kier molecular flexibility index (Phi) is 4.56. The van der Waals surface area contributed by atoms with Crippen molar-refractivity contribution in [3.63, 3.8) is 0 Å². The number of halogens is 3. The number of methoxy groups -OCH3 is 1. The van der Waals surface area contributed by atoms with Gasteiger partial charge in [0.25, 0.3) is 0 Å². The van der Waals surface area contributed by atoms with Crippen molar-refractivity contribution < 1.29 is 32.2 Å². The van der Waals surface area contributed by atoms with Gasteiger partial charge in [0.2, 0.25) is 5.91 Å². The molecule has 5 nitrogen and oxygen atoms in total. The molecule has 0 N–H and O–H groups in total. The summed E-state index contributed by atoms with van der Waals surface area (Å²) >= 11 is 0. The van der Waals surface area contributed by atoms with E-state index in [1.165, 1.54) is 24.1 Å². The molecule has 0 saturated carbocycles. The Labute approximate surface area is 164 Å². The molecule has 2 aromatic rings. The topological polar surface area (TPSA) is 55.8 Å². The highest BCUT2D eigenvalue weighted by atomic mass is 19.4. The van der Waals surface area contributed by atoms with E-state index in [1.54, 1.807) is 24.3 Å². The van der Waals surface area contributed by atoms with Gasteiger partial charge < -0.3 is 9.47 Å². The molecule has 0 fully saturated rings. The van der Waals surface area contributed by atoms with Crippen LogP contribution in [0.15, 0.2) is 59.8 Å². The third-order valence-corrected chi connectivity index (χ3v) is 5.09. The van der Waals surface area contributed by atoms with Crippen molar-refractivity contribution in [1.82, 2.24) is 0 Å². The highest BCUT2D eigenvalue weighted by molar-refractivity contribution is 6.06. The lowest BCUT2D eigenvalue weighted by atomic mass is 9.84. The summed E-state index contributed by atoms with van der Waals surface area (Å²) in [4.78, 5) is 26.6. The van der Waals surface area contributed by atoms with Crippen molar-refractivity contribution in [2.45, 2.75) is 18.5 Å². The fourth-order valence-corrected chi connectivity index (χ4v) is 3.67. The molecule has 29 heavy (non-hydrogen) atoms.